The molecule has 1 aliphatic heterocycles. The van der Waals surface area contributed by atoms with E-state index in [-0.39, 0.29) is 17.4 Å². The molecular formula is C26H31BrN2O4. The molecule has 6 nitrogen and oxygen atoms in total. The van der Waals surface area contributed by atoms with Gasteiger partial charge in [-0.3, -0.25) is 9.59 Å². The third-order valence-corrected chi connectivity index (χ3v) is 6.01. The van der Waals surface area contributed by atoms with Gasteiger partial charge in [0.1, 0.15) is 11.5 Å². The Kier molecular flexibility index (Phi) is 7.97. The maximum absolute atomic E-state index is 13.1. The molecule has 1 unspecified atom stereocenters. The summed E-state index contributed by atoms with van der Waals surface area (Å²) in [4.78, 5) is 29.8. The van der Waals surface area contributed by atoms with Crippen molar-refractivity contribution in [2.45, 2.75) is 39.3 Å². The van der Waals surface area contributed by atoms with Crippen LogP contribution in [-0.4, -0.2) is 59.9 Å². The van der Waals surface area contributed by atoms with E-state index in [1.807, 2.05) is 64.0 Å². The van der Waals surface area contributed by atoms with E-state index in [0.717, 1.165) is 22.1 Å². The van der Waals surface area contributed by atoms with Crippen LogP contribution >= 0.6 is 15.9 Å². The Morgan fingerprint density at radius 3 is 2.52 bits per heavy atom. The van der Waals surface area contributed by atoms with Gasteiger partial charge in [0.25, 0.3) is 11.7 Å². The molecule has 176 valence electrons. The normalized spacial score (nSPS) is 17.9. The fraction of sp³-hybridized carbons (Fsp3) is 0.385. The molecule has 0 saturated carbocycles. The SMILES string of the molecule is Cc1cc(/C(O)=C2\C(=O)C(=O)N(CCCN(C)C)C2c2cccc(Br)c2)ccc1OC(C)C. The Bertz CT molecular complexity index is 1080. The maximum Gasteiger partial charge on any atom is 0.295 e. The van der Waals surface area contributed by atoms with E-state index in [4.69, 9.17) is 4.74 Å². The van der Waals surface area contributed by atoms with Crippen molar-refractivity contribution in [3.05, 3.63) is 69.2 Å². The number of likely N-dealkylation sites (tertiary alicyclic amines) is 1. The zero-order valence-corrected chi connectivity index (χ0v) is 21.3. The molecule has 2 aromatic rings. The second kappa shape index (κ2) is 10.5. The molecule has 1 amide bonds. The molecule has 3 rings (SSSR count). The molecular weight excluding hydrogens is 484 g/mol. The highest BCUT2D eigenvalue weighted by Crippen LogP contribution is 2.40. The van der Waals surface area contributed by atoms with Crippen LogP contribution in [0.2, 0.25) is 0 Å². The Morgan fingerprint density at radius 2 is 1.91 bits per heavy atom. The molecule has 1 heterocycles. The molecule has 1 N–H and O–H groups in total. The van der Waals surface area contributed by atoms with Gasteiger partial charge in [0.2, 0.25) is 0 Å². The summed E-state index contributed by atoms with van der Waals surface area (Å²) in [7, 11) is 3.93. The first-order valence-electron chi connectivity index (χ1n) is 11.1. The number of carbonyl (C=O) groups is 2. The van der Waals surface area contributed by atoms with Crippen molar-refractivity contribution >= 4 is 33.4 Å². The quantitative estimate of drug-likeness (QED) is 0.307. The first-order chi connectivity index (χ1) is 15.6. The van der Waals surface area contributed by atoms with Crippen LogP contribution in [0.15, 0.2) is 52.5 Å². The Morgan fingerprint density at radius 1 is 1.18 bits per heavy atom. The molecule has 2 aromatic carbocycles. The van der Waals surface area contributed by atoms with E-state index in [0.29, 0.717) is 24.3 Å². The first-order valence-corrected chi connectivity index (χ1v) is 11.9. The van der Waals surface area contributed by atoms with E-state index in [1.54, 1.807) is 23.1 Å². The predicted octanol–water partition coefficient (Wildman–Crippen LogP) is 4.92. The lowest BCUT2D eigenvalue weighted by Crippen LogP contribution is -2.32. The number of aliphatic hydroxyl groups is 1. The van der Waals surface area contributed by atoms with Crippen LogP contribution < -0.4 is 4.74 Å². The lowest BCUT2D eigenvalue weighted by molar-refractivity contribution is -0.139. The minimum absolute atomic E-state index is 0.0205. The highest BCUT2D eigenvalue weighted by atomic mass is 79.9. The second-order valence-corrected chi connectivity index (χ2v) is 9.77. The van der Waals surface area contributed by atoms with Crippen LogP contribution in [-0.2, 0) is 9.59 Å². The highest BCUT2D eigenvalue weighted by Gasteiger charge is 2.45. The second-order valence-electron chi connectivity index (χ2n) is 8.85. The van der Waals surface area contributed by atoms with Crippen molar-refractivity contribution < 1.29 is 19.4 Å². The summed E-state index contributed by atoms with van der Waals surface area (Å²) in [6.07, 6.45) is 0.734. The summed E-state index contributed by atoms with van der Waals surface area (Å²) in [5, 5.41) is 11.3. The van der Waals surface area contributed by atoms with Crippen molar-refractivity contribution in [1.82, 2.24) is 9.80 Å². The average molecular weight is 515 g/mol. The maximum atomic E-state index is 13.1. The van der Waals surface area contributed by atoms with Crippen LogP contribution in [0.25, 0.3) is 5.76 Å². The van der Waals surface area contributed by atoms with E-state index in [2.05, 4.69) is 15.9 Å². The lowest BCUT2D eigenvalue weighted by Gasteiger charge is -2.26. The number of aryl methyl sites for hydroxylation is 1. The van der Waals surface area contributed by atoms with Crippen LogP contribution in [0, 0.1) is 6.92 Å². The summed E-state index contributed by atoms with van der Waals surface area (Å²) >= 11 is 3.48. The van der Waals surface area contributed by atoms with Gasteiger partial charge >= 0.3 is 0 Å². The van der Waals surface area contributed by atoms with Gasteiger partial charge in [-0.15, -0.1) is 0 Å². The number of hydrogen-bond donors (Lipinski definition) is 1. The molecule has 1 atom stereocenters. The molecule has 1 aliphatic rings. The number of Topliss-reactive ketones (excluding diaryl/α,β-unsaturated/α-hetero) is 1. The van der Waals surface area contributed by atoms with E-state index in [1.165, 1.54) is 0 Å². The topological polar surface area (TPSA) is 70.1 Å². The van der Waals surface area contributed by atoms with Crippen LogP contribution in [0.5, 0.6) is 5.75 Å². The molecule has 0 aromatic heterocycles. The fourth-order valence-corrected chi connectivity index (χ4v) is 4.45. The van der Waals surface area contributed by atoms with Gasteiger partial charge < -0.3 is 19.6 Å². The Balaban J connectivity index is 2.08. The molecule has 1 fully saturated rings. The third-order valence-electron chi connectivity index (χ3n) is 5.52. The van der Waals surface area contributed by atoms with Crippen molar-refractivity contribution in [1.29, 1.82) is 0 Å². The number of ketones is 1. The highest BCUT2D eigenvalue weighted by molar-refractivity contribution is 9.10. The van der Waals surface area contributed by atoms with Crippen LogP contribution in [0.4, 0.5) is 0 Å². The summed E-state index contributed by atoms with van der Waals surface area (Å²) in [5.41, 5.74) is 2.20. The van der Waals surface area contributed by atoms with Crippen molar-refractivity contribution in [3.8, 4) is 5.75 Å². The molecule has 33 heavy (non-hydrogen) atoms. The number of amides is 1. The molecule has 7 heteroatoms. The average Bonchev–Trinajstić information content (AvgIpc) is 2.99. The van der Waals surface area contributed by atoms with E-state index in [9.17, 15) is 14.7 Å². The van der Waals surface area contributed by atoms with Gasteiger partial charge in [0.05, 0.1) is 17.7 Å². The van der Waals surface area contributed by atoms with Crippen molar-refractivity contribution in [2.24, 2.45) is 0 Å². The Labute approximate surface area is 204 Å². The van der Waals surface area contributed by atoms with Crippen LogP contribution in [0.1, 0.15) is 43.0 Å². The van der Waals surface area contributed by atoms with E-state index >= 15 is 0 Å². The molecule has 1 saturated heterocycles. The summed E-state index contributed by atoms with van der Waals surface area (Å²) in [6, 6.07) is 12.1. The smallest absolute Gasteiger partial charge is 0.295 e. The number of aliphatic hydroxyl groups excluding tert-OH is 1. The number of hydrogen-bond acceptors (Lipinski definition) is 5. The first kappa shape index (κ1) is 25.0. The zero-order chi connectivity index (χ0) is 24.3. The largest absolute Gasteiger partial charge is 0.507 e. The fourth-order valence-electron chi connectivity index (χ4n) is 4.03. The number of rotatable bonds is 8. The van der Waals surface area contributed by atoms with Gasteiger partial charge in [0.15, 0.2) is 0 Å². The number of halogens is 1. The third kappa shape index (κ3) is 5.65. The van der Waals surface area contributed by atoms with Crippen molar-refractivity contribution in [3.63, 3.8) is 0 Å². The van der Waals surface area contributed by atoms with Gasteiger partial charge in [0, 0.05) is 16.6 Å². The number of benzene rings is 2. The Hall–Kier alpha value is -2.64. The predicted molar refractivity (Wildman–Crippen MR) is 133 cm³/mol. The minimum atomic E-state index is -0.664. The summed E-state index contributed by atoms with van der Waals surface area (Å²) < 4.78 is 6.63. The summed E-state index contributed by atoms with van der Waals surface area (Å²) in [6.45, 7) is 6.98. The molecule has 0 radical (unpaired) electrons. The number of ether oxygens (including phenoxy) is 1. The molecule has 0 aliphatic carbocycles. The van der Waals surface area contributed by atoms with Gasteiger partial charge in [-0.25, -0.2) is 0 Å². The minimum Gasteiger partial charge on any atom is -0.507 e. The van der Waals surface area contributed by atoms with Gasteiger partial charge in [-0.05, 0) is 89.3 Å². The zero-order valence-electron chi connectivity index (χ0n) is 19.8. The van der Waals surface area contributed by atoms with E-state index < -0.39 is 17.7 Å². The molecule has 0 spiro atoms. The number of carbonyl (C=O) groups excluding carboxylic acids is 2. The lowest BCUT2D eigenvalue weighted by atomic mass is 9.94. The summed E-state index contributed by atoms with van der Waals surface area (Å²) in [5.74, 6) is -0.707. The van der Waals surface area contributed by atoms with Gasteiger partial charge in [-0.1, -0.05) is 28.1 Å². The van der Waals surface area contributed by atoms with Gasteiger partial charge in [-0.2, -0.15) is 0 Å². The monoisotopic (exact) mass is 514 g/mol. The van der Waals surface area contributed by atoms with Crippen LogP contribution in [0.3, 0.4) is 0 Å². The number of nitrogens with zero attached hydrogens (tertiary/aromatic N) is 2. The molecule has 0 bridgehead atoms. The standard InChI is InChI=1S/C26H31BrN2O4/c1-16(2)33-21-11-10-19(14-17(21)3)24(30)22-23(18-8-6-9-20(27)15-18)29(26(32)25(22)31)13-7-12-28(4)5/h6,8-11,14-16,23,30H,7,12-13H2,1-5H3/b24-22+. The van der Waals surface area contributed by atoms with Crippen molar-refractivity contribution in [2.75, 3.05) is 27.2 Å².